The van der Waals surface area contributed by atoms with E-state index >= 15 is 0 Å². The van der Waals surface area contributed by atoms with E-state index in [2.05, 4.69) is 95.3 Å². The van der Waals surface area contributed by atoms with Gasteiger partial charge in [0.1, 0.15) is 6.61 Å². The fraction of sp³-hybridized carbons (Fsp3) is 0.444. The van der Waals surface area contributed by atoms with Crippen LogP contribution in [0.4, 0.5) is 0 Å². The van der Waals surface area contributed by atoms with Gasteiger partial charge in [0.25, 0.3) is 0 Å². The lowest BCUT2D eigenvalue weighted by atomic mass is 9.68. The number of rotatable bonds is 3. The van der Waals surface area contributed by atoms with Crippen LogP contribution in [0.25, 0.3) is 5.31 Å². The Kier molecular flexibility index (Phi) is 4.88. The molecule has 3 aliphatic heterocycles. The fourth-order valence-electron chi connectivity index (χ4n) is 5.96. The highest BCUT2D eigenvalue weighted by molar-refractivity contribution is 8.20. The van der Waals surface area contributed by atoms with Crippen molar-refractivity contribution in [1.82, 2.24) is 0 Å². The number of ether oxygens (including phenoxy) is 1. The molecule has 0 N–H and O–H groups in total. The van der Waals surface area contributed by atoms with E-state index < -0.39 is 6.04 Å². The third-order valence-electron chi connectivity index (χ3n) is 7.74. The minimum absolute atomic E-state index is 0.0401. The van der Waals surface area contributed by atoms with Crippen LogP contribution in [0.3, 0.4) is 0 Å². The van der Waals surface area contributed by atoms with Crippen LogP contribution < -0.4 is 0 Å². The normalized spacial score (nSPS) is 34.7. The second-order valence-corrected chi connectivity index (χ2v) is 15.6. The molecule has 2 nitrogen and oxygen atoms in total. The molecule has 2 aromatic carbocycles. The molecular formula is C27H32NOPS. The van der Waals surface area contributed by atoms with Gasteiger partial charge in [0.2, 0.25) is 0 Å². The molecule has 4 heteroatoms. The van der Waals surface area contributed by atoms with Crippen molar-refractivity contribution in [3.05, 3.63) is 77.4 Å². The van der Waals surface area contributed by atoms with Gasteiger partial charge < -0.3 is 4.74 Å². The third-order valence-corrected chi connectivity index (χ3v) is 13.2. The zero-order chi connectivity index (χ0) is 22.0. The first-order valence-electron chi connectivity index (χ1n) is 11.3. The summed E-state index contributed by atoms with van der Waals surface area (Å²) in [6.45, 7) is 12.2. The molecule has 1 saturated heterocycles. The molecule has 162 valence electrons. The Morgan fingerprint density at radius 3 is 2.23 bits per heavy atom. The monoisotopic (exact) mass is 449 g/mol. The Morgan fingerprint density at radius 1 is 1.03 bits per heavy atom. The second kappa shape index (κ2) is 7.15. The first-order valence-corrected chi connectivity index (χ1v) is 14.3. The smallest absolute Gasteiger partial charge is 0.193 e. The summed E-state index contributed by atoms with van der Waals surface area (Å²) in [6.07, 6.45) is 1.07. The van der Waals surface area contributed by atoms with Gasteiger partial charge in [-0.05, 0) is 41.0 Å². The number of fused-ring (bicyclic) bond motifs is 2. The molecule has 0 aliphatic carbocycles. The van der Waals surface area contributed by atoms with E-state index in [1.54, 1.807) is 0 Å². The summed E-state index contributed by atoms with van der Waals surface area (Å²) in [7, 11) is 0. The van der Waals surface area contributed by atoms with Crippen LogP contribution in [-0.2, 0) is 16.5 Å². The maximum Gasteiger partial charge on any atom is 0.193 e. The largest absolute Gasteiger partial charge is 0.478 e. The van der Waals surface area contributed by atoms with E-state index in [0.29, 0.717) is 12.5 Å². The topological polar surface area (TPSA) is 21.6 Å². The fourth-order valence-corrected chi connectivity index (χ4v) is 13.1. The summed E-state index contributed by atoms with van der Waals surface area (Å²) >= 11 is 6.72. The minimum Gasteiger partial charge on any atom is -0.478 e. The van der Waals surface area contributed by atoms with Gasteiger partial charge in [0.05, 0.1) is 11.7 Å². The zero-order valence-corrected chi connectivity index (χ0v) is 20.8. The second-order valence-electron chi connectivity index (χ2n) is 10.7. The van der Waals surface area contributed by atoms with Gasteiger partial charge in [-0.15, -0.1) is 0 Å². The standard InChI is InChI=1S/C27H32NOPS/c1-18-23(20-14-10-7-11-15-20)30(31)17-27(18,5)22(19-12-8-6-9-13-19)24(30)25-28-21(16-29-25)26(2,3)4/h6-15,21-22,24H,16-17H2,1-5H3/t21-,22+,24+,27+,30-/m1/s1. The van der Waals surface area contributed by atoms with Crippen molar-refractivity contribution in [3.63, 3.8) is 0 Å². The summed E-state index contributed by atoms with van der Waals surface area (Å²) in [5.41, 5.74) is 4.47. The minimum atomic E-state index is -1.93. The van der Waals surface area contributed by atoms with Gasteiger partial charge >= 0.3 is 0 Å². The molecular weight excluding hydrogens is 417 g/mol. The van der Waals surface area contributed by atoms with Crippen molar-refractivity contribution in [2.24, 2.45) is 15.8 Å². The van der Waals surface area contributed by atoms with Crippen molar-refractivity contribution in [3.8, 4) is 0 Å². The molecule has 31 heavy (non-hydrogen) atoms. The third kappa shape index (κ3) is 3.11. The van der Waals surface area contributed by atoms with Gasteiger partial charge in [-0.25, -0.2) is 4.99 Å². The summed E-state index contributed by atoms with van der Waals surface area (Å²) < 4.78 is 6.40. The van der Waals surface area contributed by atoms with Crippen molar-refractivity contribution in [1.29, 1.82) is 0 Å². The summed E-state index contributed by atoms with van der Waals surface area (Å²) in [6, 6.07) is 20.1. The molecule has 1 fully saturated rings. The van der Waals surface area contributed by atoms with Gasteiger partial charge in [-0.1, -0.05) is 106 Å². The van der Waals surface area contributed by atoms with E-state index in [1.165, 1.54) is 22.0 Å². The van der Waals surface area contributed by atoms with E-state index in [1.807, 2.05) is 0 Å². The van der Waals surface area contributed by atoms with Crippen LogP contribution in [-0.4, -0.2) is 30.4 Å². The maximum atomic E-state index is 6.72. The Morgan fingerprint density at radius 2 is 1.65 bits per heavy atom. The average Bonchev–Trinajstić information content (AvgIpc) is 3.36. The average molecular weight is 450 g/mol. The molecule has 0 saturated carbocycles. The van der Waals surface area contributed by atoms with Crippen molar-refractivity contribution in [2.45, 2.75) is 52.2 Å². The van der Waals surface area contributed by atoms with Crippen molar-refractivity contribution < 1.29 is 4.74 Å². The highest BCUT2D eigenvalue weighted by Gasteiger charge is 2.64. The lowest BCUT2D eigenvalue weighted by Crippen LogP contribution is -2.35. The molecule has 5 rings (SSSR count). The van der Waals surface area contributed by atoms with Crippen LogP contribution in [0.15, 0.2) is 71.2 Å². The predicted octanol–water partition coefficient (Wildman–Crippen LogP) is 6.93. The van der Waals surface area contributed by atoms with E-state index in [9.17, 15) is 0 Å². The quantitative estimate of drug-likeness (QED) is 0.474. The van der Waals surface area contributed by atoms with Crippen molar-refractivity contribution in [2.75, 3.05) is 12.8 Å². The van der Waals surface area contributed by atoms with Crippen LogP contribution >= 0.6 is 6.04 Å². The number of aliphatic imine (C=N–C) groups is 1. The molecule has 0 unspecified atom stereocenters. The molecule has 2 bridgehead atoms. The van der Waals surface area contributed by atoms with Gasteiger partial charge in [-0.3, -0.25) is 0 Å². The highest BCUT2D eigenvalue weighted by atomic mass is 32.4. The number of allylic oxidation sites excluding steroid dienone is 1. The molecule has 0 aromatic heterocycles. The first kappa shape index (κ1) is 21.2. The highest BCUT2D eigenvalue weighted by Crippen LogP contribution is 2.83. The van der Waals surface area contributed by atoms with Crippen molar-refractivity contribution >= 4 is 29.1 Å². The Bertz CT molecular complexity index is 1110. The molecule has 0 radical (unpaired) electrons. The molecule has 0 spiro atoms. The predicted molar refractivity (Wildman–Crippen MR) is 136 cm³/mol. The number of nitrogens with zero attached hydrogens (tertiary/aromatic N) is 1. The van der Waals surface area contributed by atoms with Crippen LogP contribution in [0.5, 0.6) is 0 Å². The van der Waals surface area contributed by atoms with Crippen LogP contribution in [0.1, 0.15) is 51.7 Å². The number of hydrogen-bond acceptors (Lipinski definition) is 3. The summed E-state index contributed by atoms with van der Waals surface area (Å²) in [4.78, 5) is 5.20. The van der Waals surface area contributed by atoms with Gasteiger partial charge in [0, 0.05) is 11.3 Å². The lowest BCUT2D eigenvalue weighted by Gasteiger charge is -2.39. The number of hydrogen-bond donors (Lipinski definition) is 0. The molecule has 5 atom stereocenters. The van der Waals surface area contributed by atoms with Gasteiger partial charge in [0.15, 0.2) is 5.90 Å². The lowest BCUT2D eigenvalue weighted by molar-refractivity contribution is 0.231. The first-order chi connectivity index (χ1) is 14.7. The SMILES string of the molecule is CC1=C(c2ccccc2)[P@]2(=S)C[C@]1(C)[C@@H](c1ccccc1)[C@H]2C1=N[C@@H](C(C)(C)C)CO1. The van der Waals surface area contributed by atoms with Crippen LogP contribution in [0.2, 0.25) is 0 Å². The Labute approximate surface area is 191 Å². The summed E-state index contributed by atoms with van der Waals surface area (Å²) in [5, 5.41) is 1.44. The molecule has 2 aromatic rings. The zero-order valence-electron chi connectivity index (χ0n) is 19.1. The molecule has 3 aliphatic rings. The van der Waals surface area contributed by atoms with E-state index in [-0.39, 0.29) is 22.5 Å². The molecule has 3 heterocycles. The van der Waals surface area contributed by atoms with E-state index in [4.69, 9.17) is 21.5 Å². The number of benzene rings is 2. The summed E-state index contributed by atoms with van der Waals surface area (Å²) in [5.74, 6) is 1.26. The Balaban J connectivity index is 1.71. The maximum absolute atomic E-state index is 6.72. The van der Waals surface area contributed by atoms with Crippen LogP contribution in [0, 0.1) is 10.8 Å². The Hall–Kier alpha value is -1.70. The van der Waals surface area contributed by atoms with E-state index in [0.717, 1.165) is 12.1 Å². The van der Waals surface area contributed by atoms with Gasteiger partial charge in [-0.2, -0.15) is 0 Å². The molecule has 0 amide bonds.